The van der Waals surface area contributed by atoms with Crippen LogP contribution in [0.15, 0.2) is 114 Å². The van der Waals surface area contributed by atoms with Crippen LogP contribution in [-0.4, -0.2) is 30.1 Å². The van der Waals surface area contributed by atoms with E-state index in [1.807, 2.05) is 48.5 Å². The van der Waals surface area contributed by atoms with Gasteiger partial charge in [0, 0.05) is 21.2 Å². The van der Waals surface area contributed by atoms with Gasteiger partial charge < -0.3 is 20.7 Å². The van der Waals surface area contributed by atoms with Gasteiger partial charge in [0.25, 0.3) is 11.8 Å². The monoisotopic (exact) mass is 585 g/mol. The highest BCUT2D eigenvalue weighted by Gasteiger charge is 2.18. The van der Waals surface area contributed by atoms with Gasteiger partial charge in [0.15, 0.2) is 0 Å². The Balaban J connectivity index is 1.41. The van der Waals surface area contributed by atoms with Crippen molar-refractivity contribution in [1.82, 2.24) is 5.32 Å². The third-order valence-corrected chi connectivity index (χ3v) is 7.20. The molecule has 0 spiro atoms. The minimum absolute atomic E-state index is 0.102. The molecule has 4 rings (SSSR count). The quantitative estimate of drug-likeness (QED) is 0.139. The molecule has 1 atom stereocenters. The summed E-state index contributed by atoms with van der Waals surface area (Å²) in [5.41, 5.74) is 2.33. The van der Waals surface area contributed by atoms with Gasteiger partial charge in [-0.25, -0.2) is 0 Å². The van der Waals surface area contributed by atoms with Crippen LogP contribution in [-0.2, 0) is 9.59 Å². The lowest BCUT2D eigenvalue weighted by Gasteiger charge is -2.15. The summed E-state index contributed by atoms with van der Waals surface area (Å²) in [6.07, 6.45) is 1.62. The highest BCUT2D eigenvalue weighted by Crippen LogP contribution is 2.30. The van der Waals surface area contributed by atoms with Crippen molar-refractivity contribution in [3.05, 3.63) is 125 Å². The van der Waals surface area contributed by atoms with Crippen LogP contribution in [0.5, 0.6) is 5.75 Å². The number of benzene rings is 4. The maximum absolute atomic E-state index is 13.2. The molecule has 0 aliphatic rings. The van der Waals surface area contributed by atoms with E-state index in [1.165, 1.54) is 18.9 Å². The smallest absolute Gasteiger partial charge is 0.272 e. The Morgan fingerprint density at radius 2 is 1.51 bits per heavy atom. The largest absolute Gasteiger partial charge is 0.495 e. The van der Waals surface area contributed by atoms with E-state index in [0.29, 0.717) is 27.7 Å². The van der Waals surface area contributed by atoms with E-state index in [4.69, 9.17) is 16.3 Å². The predicted molar refractivity (Wildman–Crippen MR) is 165 cm³/mol. The topological polar surface area (TPSA) is 96.5 Å². The number of rotatable bonds is 10. The Hall–Kier alpha value is -4.53. The molecule has 9 heteroatoms. The summed E-state index contributed by atoms with van der Waals surface area (Å²) < 4.78 is 5.30. The number of hydrogen-bond donors (Lipinski definition) is 3. The lowest BCUT2D eigenvalue weighted by Crippen LogP contribution is -2.30. The molecule has 0 aliphatic heterocycles. The molecule has 0 saturated carbocycles. The van der Waals surface area contributed by atoms with Gasteiger partial charge in [-0.2, -0.15) is 0 Å². The van der Waals surface area contributed by atoms with E-state index < -0.39 is 17.1 Å². The maximum Gasteiger partial charge on any atom is 0.272 e. The third-order valence-electron chi connectivity index (χ3n) is 5.85. The van der Waals surface area contributed by atoms with Crippen molar-refractivity contribution in [1.29, 1.82) is 0 Å². The standard InChI is InChI=1S/C32H28ClN3O4S/c1-21(30(37)35-27-20-24(33)13-18-29(27)40-2)41-26-16-14-25(15-17-26)34-32(39)28(19-22-9-5-3-6-10-22)36-31(38)23-11-7-4-8-12-23/h3-21H,1-2H3,(H,34,39)(H,35,37)(H,36,38)/b28-19-. The number of amides is 3. The minimum atomic E-state index is -0.471. The summed E-state index contributed by atoms with van der Waals surface area (Å²) in [5, 5.41) is 8.48. The zero-order chi connectivity index (χ0) is 29.2. The first kappa shape index (κ1) is 29.5. The second kappa shape index (κ2) is 14.2. The van der Waals surface area contributed by atoms with E-state index in [9.17, 15) is 14.4 Å². The van der Waals surface area contributed by atoms with Gasteiger partial charge in [0.05, 0.1) is 18.0 Å². The highest BCUT2D eigenvalue weighted by atomic mass is 35.5. The molecule has 3 N–H and O–H groups in total. The molecule has 1 unspecified atom stereocenters. The fourth-order valence-corrected chi connectivity index (χ4v) is 4.78. The molecule has 0 bridgehead atoms. The fourth-order valence-electron chi connectivity index (χ4n) is 3.74. The van der Waals surface area contributed by atoms with Crippen molar-refractivity contribution in [3.8, 4) is 5.75 Å². The van der Waals surface area contributed by atoms with Gasteiger partial charge in [-0.05, 0) is 73.2 Å². The van der Waals surface area contributed by atoms with Crippen molar-refractivity contribution in [2.45, 2.75) is 17.1 Å². The number of carbonyl (C=O) groups excluding carboxylic acids is 3. The van der Waals surface area contributed by atoms with Gasteiger partial charge in [0.1, 0.15) is 11.4 Å². The zero-order valence-electron chi connectivity index (χ0n) is 22.4. The number of anilines is 2. The first-order chi connectivity index (χ1) is 19.8. The first-order valence-electron chi connectivity index (χ1n) is 12.7. The molecule has 0 aromatic heterocycles. The highest BCUT2D eigenvalue weighted by molar-refractivity contribution is 8.00. The van der Waals surface area contributed by atoms with E-state index >= 15 is 0 Å². The van der Waals surface area contributed by atoms with Crippen LogP contribution < -0.4 is 20.7 Å². The average Bonchev–Trinajstić information content (AvgIpc) is 2.98. The number of ether oxygens (including phenoxy) is 1. The summed E-state index contributed by atoms with van der Waals surface area (Å²) in [4.78, 5) is 39.6. The Labute approximate surface area is 248 Å². The van der Waals surface area contributed by atoms with Crippen molar-refractivity contribution >= 4 is 58.5 Å². The van der Waals surface area contributed by atoms with Crippen LogP contribution in [0.4, 0.5) is 11.4 Å². The summed E-state index contributed by atoms with van der Waals surface area (Å²) in [6, 6.07) is 30.1. The molecule has 4 aromatic carbocycles. The molecule has 0 fully saturated rings. The minimum Gasteiger partial charge on any atom is -0.495 e. The van der Waals surface area contributed by atoms with E-state index in [2.05, 4.69) is 16.0 Å². The van der Waals surface area contributed by atoms with Crippen LogP contribution in [0.1, 0.15) is 22.8 Å². The van der Waals surface area contributed by atoms with Crippen LogP contribution in [0.25, 0.3) is 6.08 Å². The lowest BCUT2D eigenvalue weighted by molar-refractivity contribution is -0.115. The van der Waals surface area contributed by atoms with Gasteiger partial charge in [-0.15, -0.1) is 11.8 Å². The molecule has 4 aromatic rings. The molecule has 0 saturated heterocycles. The Morgan fingerprint density at radius 3 is 2.17 bits per heavy atom. The molecule has 7 nitrogen and oxygen atoms in total. The second-order valence-corrected chi connectivity index (χ2v) is 10.7. The Bertz CT molecular complexity index is 1540. The maximum atomic E-state index is 13.2. The van der Waals surface area contributed by atoms with Crippen LogP contribution in [0, 0.1) is 0 Å². The van der Waals surface area contributed by atoms with Crippen LogP contribution in [0.2, 0.25) is 5.02 Å². The van der Waals surface area contributed by atoms with Gasteiger partial charge in [-0.3, -0.25) is 14.4 Å². The van der Waals surface area contributed by atoms with Crippen molar-refractivity contribution in [2.75, 3.05) is 17.7 Å². The molecule has 41 heavy (non-hydrogen) atoms. The summed E-state index contributed by atoms with van der Waals surface area (Å²) in [7, 11) is 1.52. The number of carbonyl (C=O) groups is 3. The Kier molecular flexibility index (Phi) is 10.2. The SMILES string of the molecule is COc1ccc(Cl)cc1NC(=O)C(C)Sc1ccc(NC(=O)/C(=C/c2ccccc2)NC(=O)c2ccccc2)cc1. The summed E-state index contributed by atoms with van der Waals surface area (Å²) >= 11 is 7.43. The summed E-state index contributed by atoms with van der Waals surface area (Å²) in [5.74, 6) is -0.558. The number of methoxy groups -OCH3 is 1. The van der Waals surface area contributed by atoms with Gasteiger partial charge in [0.2, 0.25) is 5.91 Å². The summed E-state index contributed by atoms with van der Waals surface area (Å²) in [6.45, 7) is 1.79. The van der Waals surface area contributed by atoms with Crippen molar-refractivity contribution in [3.63, 3.8) is 0 Å². The molecule has 208 valence electrons. The molecule has 0 aliphatic carbocycles. The number of thioether (sulfide) groups is 1. The molecular formula is C32H28ClN3O4S. The van der Waals surface area contributed by atoms with Crippen molar-refractivity contribution in [2.24, 2.45) is 0 Å². The van der Waals surface area contributed by atoms with Gasteiger partial charge >= 0.3 is 0 Å². The lowest BCUT2D eigenvalue weighted by atomic mass is 10.1. The molecule has 0 radical (unpaired) electrons. The van der Waals surface area contributed by atoms with E-state index in [0.717, 1.165) is 10.5 Å². The number of hydrogen-bond acceptors (Lipinski definition) is 5. The third kappa shape index (κ3) is 8.48. The average molecular weight is 586 g/mol. The van der Waals surface area contributed by atoms with E-state index in [1.54, 1.807) is 67.6 Å². The van der Waals surface area contributed by atoms with Gasteiger partial charge in [-0.1, -0.05) is 60.1 Å². The Morgan fingerprint density at radius 1 is 0.854 bits per heavy atom. The second-order valence-electron chi connectivity index (χ2n) is 8.86. The molecule has 3 amide bonds. The number of nitrogens with one attached hydrogen (secondary N) is 3. The predicted octanol–water partition coefficient (Wildman–Crippen LogP) is 6.88. The van der Waals surface area contributed by atoms with Crippen LogP contribution in [0.3, 0.4) is 0 Å². The van der Waals surface area contributed by atoms with Crippen LogP contribution >= 0.6 is 23.4 Å². The molecule has 0 heterocycles. The number of halogens is 1. The van der Waals surface area contributed by atoms with E-state index in [-0.39, 0.29) is 11.6 Å². The van der Waals surface area contributed by atoms with Crippen molar-refractivity contribution < 1.29 is 19.1 Å². The normalized spacial score (nSPS) is 11.7. The fraction of sp³-hybridized carbons (Fsp3) is 0.0938. The zero-order valence-corrected chi connectivity index (χ0v) is 24.0. The first-order valence-corrected chi connectivity index (χ1v) is 13.9. The molecular weight excluding hydrogens is 558 g/mol.